The SMILES string of the molecule is O=C(OCCOc1ccccc1F)c1cc(S(=O)(=O)N2CCOCC2)ccc1Cl. The fourth-order valence-electron chi connectivity index (χ4n) is 2.68. The number of morpholine rings is 1. The molecule has 2 aromatic carbocycles. The molecule has 1 heterocycles. The van der Waals surface area contributed by atoms with Crippen molar-refractivity contribution in [2.45, 2.75) is 4.90 Å². The molecule has 29 heavy (non-hydrogen) atoms. The van der Waals surface area contributed by atoms with E-state index in [0.717, 1.165) is 0 Å². The van der Waals surface area contributed by atoms with Gasteiger partial charge in [0.1, 0.15) is 13.2 Å². The van der Waals surface area contributed by atoms with Gasteiger partial charge >= 0.3 is 5.97 Å². The van der Waals surface area contributed by atoms with Crippen molar-refractivity contribution in [1.82, 2.24) is 4.31 Å². The Labute approximate surface area is 173 Å². The van der Waals surface area contributed by atoms with Crippen molar-refractivity contribution < 1.29 is 31.8 Å². The van der Waals surface area contributed by atoms with Crippen LogP contribution in [0.15, 0.2) is 47.4 Å². The van der Waals surface area contributed by atoms with Gasteiger partial charge < -0.3 is 14.2 Å². The standard InChI is InChI=1S/C19H19ClFNO6S/c20-16-6-5-14(29(24,25)22-7-9-26-10-8-22)13-15(16)19(23)28-12-11-27-18-4-2-1-3-17(18)21/h1-6,13H,7-12H2. The maximum atomic E-state index is 13.5. The molecule has 0 aliphatic carbocycles. The summed E-state index contributed by atoms with van der Waals surface area (Å²) >= 11 is 6.05. The molecule has 3 rings (SSSR count). The molecule has 156 valence electrons. The van der Waals surface area contributed by atoms with Crippen LogP contribution in [0, 0.1) is 5.82 Å². The van der Waals surface area contributed by atoms with E-state index in [2.05, 4.69) is 0 Å². The molecule has 0 aromatic heterocycles. The van der Waals surface area contributed by atoms with E-state index >= 15 is 0 Å². The van der Waals surface area contributed by atoms with Gasteiger partial charge in [0.05, 0.1) is 28.7 Å². The van der Waals surface area contributed by atoms with Gasteiger partial charge in [-0.05, 0) is 30.3 Å². The van der Waals surface area contributed by atoms with Crippen LogP contribution in [0.4, 0.5) is 4.39 Å². The normalized spacial score (nSPS) is 15.1. The average Bonchev–Trinajstić information content (AvgIpc) is 2.73. The summed E-state index contributed by atoms with van der Waals surface area (Å²) in [6.45, 7) is 0.851. The number of esters is 1. The number of halogens is 2. The monoisotopic (exact) mass is 443 g/mol. The van der Waals surface area contributed by atoms with E-state index in [0.29, 0.717) is 13.2 Å². The van der Waals surface area contributed by atoms with E-state index in [1.54, 1.807) is 6.07 Å². The lowest BCUT2D eigenvalue weighted by molar-refractivity contribution is 0.0448. The predicted octanol–water partition coefficient (Wildman–Crippen LogP) is 2.74. The molecule has 1 aliphatic rings. The minimum Gasteiger partial charge on any atom is -0.487 e. The lowest BCUT2D eigenvalue weighted by Crippen LogP contribution is -2.40. The number of hydrogen-bond donors (Lipinski definition) is 0. The first-order valence-electron chi connectivity index (χ1n) is 8.81. The van der Waals surface area contributed by atoms with E-state index < -0.39 is 21.8 Å². The second-order valence-corrected chi connectivity index (χ2v) is 8.42. The lowest BCUT2D eigenvalue weighted by atomic mass is 10.2. The van der Waals surface area contributed by atoms with Crippen LogP contribution < -0.4 is 4.74 Å². The molecule has 0 saturated carbocycles. The lowest BCUT2D eigenvalue weighted by Gasteiger charge is -2.26. The predicted molar refractivity (Wildman–Crippen MR) is 103 cm³/mol. The van der Waals surface area contributed by atoms with Gasteiger partial charge in [-0.15, -0.1) is 0 Å². The van der Waals surface area contributed by atoms with E-state index in [9.17, 15) is 17.6 Å². The number of sulfonamides is 1. The number of nitrogens with zero attached hydrogens (tertiary/aromatic N) is 1. The molecule has 1 aliphatic heterocycles. The number of hydrogen-bond acceptors (Lipinski definition) is 6. The van der Waals surface area contributed by atoms with Gasteiger partial charge in [-0.25, -0.2) is 17.6 Å². The quantitative estimate of drug-likeness (QED) is 0.483. The summed E-state index contributed by atoms with van der Waals surface area (Å²) in [6.07, 6.45) is 0. The first kappa shape index (κ1) is 21.5. The van der Waals surface area contributed by atoms with Gasteiger partial charge in [-0.1, -0.05) is 23.7 Å². The van der Waals surface area contributed by atoms with E-state index in [1.165, 1.54) is 40.7 Å². The molecule has 0 radical (unpaired) electrons. The second kappa shape index (κ2) is 9.53. The molecule has 1 fully saturated rings. The van der Waals surface area contributed by atoms with Crippen LogP contribution in [-0.4, -0.2) is 58.2 Å². The van der Waals surface area contributed by atoms with Crippen LogP contribution in [0.3, 0.4) is 0 Å². The Kier molecular flexibility index (Phi) is 7.07. The van der Waals surface area contributed by atoms with Crippen LogP contribution in [-0.2, 0) is 19.5 Å². The van der Waals surface area contributed by atoms with E-state index in [1.807, 2.05) is 0 Å². The Bertz CT molecular complexity index is 978. The highest BCUT2D eigenvalue weighted by Gasteiger charge is 2.27. The molecule has 10 heteroatoms. The zero-order chi connectivity index (χ0) is 20.9. The average molecular weight is 444 g/mol. The summed E-state index contributed by atoms with van der Waals surface area (Å²) in [5.74, 6) is -1.28. The van der Waals surface area contributed by atoms with Crippen LogP contribution in [0.1, 0.15) is 10.4 Å². The number of rotatable bonds is 7. The minimum atomic E-state index is -3.78. The number of carbonyl (C=O) groups excluding carboxylic acids is 1. The highest BCUT2D eigenvalue weighted by molar-refractivity contribution is 7.89. The summed E-state index contributed by atoms with van der Waals surface area (Å²) in [4.78, 5) is 12.3. The maximum absolute atomic E-state index is 13.5. The Hall–Kier alpha value is -2.20. The molecular formula is C19H19ClFNO6S. The first-order chi connectivity index (χ1) is 13.9. The Morgan fingerprint density at radius 2 is 1.86 bits per heavy atom. The zero-order valence-corrected chi connectivity index (χ0v) is 16.9. The van der Waals surface area contributed by atoms with Gasteiger partial charge in [-0.3, -0.25) is 0 Å². The summed E-state index contributed by atoms with van der Waals surface area (Å²) in [7, 11) is -3.78. The minimum absolute atomic E-state index is 0.0418. The van der Waals surface area contributed by atoms with Crippen molar-refractivity contribution in [2.75, 3.05) is 39.5 Å². The van der Waals surface area contributed by atoms with Crippen LogP contribution >= 0.6 is 11.6 Å². The summed E-state index contributed by atoms with van der Waals surface area (Å²) in [6, 6.07) is 9.71. The van der Waals surface area contributed by atoms with Crippen LogP contribution in [0.25, 0.3) is 0 Å². The van der Waals surface area contributed by atoms with Crippen LogP contribution in [0.2, 0.25) is 5.02 Å². The van der Waals surface area contributed by atoms with E-state index in [4.69, 9.17) is 25.8 Å². The molecule has 0 unspecified atom stereocenters. The molecular weight excluding hydrogens is 425 g/mol. The second-order valence-electron chi connectivity index (χ2n) is 6.07. The van der Waals surface area contributed by atoms with Gasteiger partial charge in [0.15, 0.2) is 11.6 Å². The number of carbonyl (C=O) groups is 1. The fourth-order valence-corrected chi connectivity index (χ4v) is 4.31. The molecule has 2 aromatic rings. The van der Waals surface area contributed by atoms with Crippen molar-refractivity contribution >= 4 is 27.6 Å². The number of ether oxygens (including phenoxy) is 3. The van der Waals surface area contributed by atoms with Gasteiger partial charge in [0.2, 0.25) is 10.0 Å². The molecule has 0 bridgehead atoms. The number of benzene rings is 2. The highest BCUT2D eigenvalue weighted by Crippen LogP contribution is 2.24. The Morgan fingerprint density at radius 1 is 1.14 bits per heavy atom. The van der Waals surface area contributed by atoms with Gasteiger partial charge in [0, 0.05) is 13.1 Å². The van der Waals surface area contributed by atoms with Crippen LogP contribution in [0.5, 0.6) is 5.75 Å². The molecule has 7 nitrogen and oxygen atoms in total. The summed E-state index contributed by atoms with van der Waals surface area (Å²) in [5.41, 5.74) is -0.0770. The first-order valence-corrected chi connectivity index (χ1v) is 10.6. The maximum Gasteiger partial charge on any atom is 0.339 e. The van der Waals surface area contributed by atoms with Gasteiger partial charge in [-0.2, -0.15) is 4.31 Å². The topological polar surface area (TPSA) is 82.1 Å². The molecule has 0 N–H and O–H groups in total. The van der Waals surface area contributed by atoms with Gasteiger partial charge in [0.25, 0.3) is 0 Å². The fraction of sp³-hybridized carbons (Fsp3) is 0.316. The molecule has 1 saturated heterocycles. The van der Waals surface area contributed by atoms with Crippen molar-refractivity contribution in [2.24, 2.45) is 0 Å². The highest BCUT2D eigenvalue weighted by atomic mass is 35.5. The number of para-hydroxylation sites is 1. The molecule has 0 atom stereocenters. The van der Waals surface area contributed by atoms with E-state index in [-0.39, 0.29) is 47.5 Å². The summed E-state index contributed by atoms with van der Waals surface area (Å²) in [5, 5.41) is 0.0611. The third-order valence-electron chi connectivity index (χ3n) is 4.18. The smallest absolute Gasteiger partial charge is 0.339 e. The van der Waals surface area contributed by atoms with Crippen molar-refractivity contribution in [3.8, 4) is 5.75 Å². The third kappa shape index (κ3) is 5.24. The Balaban J connectivity index is 1.64. The zero-order valence-electron chi connectivity index (χ0n) is 15.3. The summed E-state index contributed by atoms with van der Waals surface area (Å²) < 4.78 is 55.7. The Morgan fingerprint density at radius 3 is 2.59 bits per heavy atom. The molecule has 0 amide bonds. The van der Waals surface area contributed by atoms with Crippen molar-refractivity contribution in [1.29, 1.82) is 0 Å². The van der Waals surface area contributed by atoms with Crippen molar-refractivity contribution in [3.05, 3.63) is 58.9 Å². The van der Waals surface area contributed by atoms with Crippen molar-refractivity contribution in [3.63, 3.8) is 0 Å². The largest absolute Gasteiger partial charge is 0.487 e. The molecule has 0 spiro atoms. The third-order valence-corrected chi connectivity index (χ3v) is 6.40.